The average Bonchev–Trinajstić information content (AvgIpc) is 2.80. The molecular formula is C21H20F13NO4. The molecule has 0 spiro atoms. The summed E-state index contributed by atoms with van der Waals surface area (Å²) in [4.78, 5) is 24.1. The molecule has 1 aromatic rings. The van der Waals surface area contributed by atoms with Crippen LogP contribution in [0.1, 0.15) is 25.8 Å². The molecule has 0 aliphatic heterocycles. The van der Waals surface area contributed by atoms with Crippen LogP contribution in [0.4, 0.5) is 61.9 Å². The van der Waals surface area contributed by atoms with Crippen molar-refractivity contribution in [2.24, 2.45) is 5.92 Å². The minimum atomic E-state index is -8.10. The van der Waals surface area contributed by atoms with Crippen LogP contribution in [0.25, 0.3) is 0 Å². The van der Waals surface area contributed by atoms with Gasteiger partial charge in [-0.2, -0.15) is 57.1 Å². The molecule has 1 aromatic carbocycles. The number of rotatable bonds is 12. The molecule has 1 atom stereocenters. The molecule has 0 radical (unpaired) electrons. The van der Waals surface area contributed by atoms with E-state index in [0.717, 1.165) is 0 Å². The highest BCUT2D eigenvalue weighted by Gasteiger charge is 2.90. The fraction of sp³-hybridized carbons (Fsp3) is 0.619. The Bertz CT molecular complexity index is 982. The molecule has 1 N–H and O–H groups in total. The van der Waals surface area contributed by atoms with Gasteiger partial charge in [0.05, 0.1) is 6.61 Å². The van der Waals surface area contributed by atoms with Crippen LogP contribution in [0.15, 0.2) is 30.3 Å². The van der Waals surface area contributed by atoms with Gasteiger partial charge in [-0.1, -0.05) is 44.2 Å². The number of alkyl carbamates (subject to hydrolysis) is 1. The summed E-state index contributed by atoms with van der Waals surface area (Å²) in [6.45, 7) is 1.54. The number of ether oxygens (including phenoxy) is 2. The summed E-state index contributed by atoms with van der Waals surface area (Å²) in [6.07, 6.45) is -12.4. The molecule has 39 heavy (non-hydrogen) atoms. The van der Waals surface area contributed by atoms with Crippen LogP contribution >= 0.6 is 0 Å². The predicted molar refractivity (Wildman–Crippen MR) is 105 cm³/mol. The second-order valence-corrected chi connectivity index (χ2v) is 8.49. The highest BCUT2D eigenvalue weighted by Crippen LogP contribution is 2.60. The molecule has 0 aliphatic rings. The lowest BCUT2D eigenvalue weighted by atomic mass is 9.91. The van der Waals surface area contributed by atoms with E-state index in [1.54, 1.807) is 0 Å². The van der Waals surface area contributed by atoms with E-state index in [1.165, 1.54) is 49.5 Å². The van der Waals surface area contributed by atoms with E-state index in [0.29, 0.717) is 0 Å². The van der Waals surface area contributed by atoms with Crippen LogP contribution in [-0.4, -0.2) is 60.5 Å². The fourth-order valence-electron chi connectivity index (χ4n) is 2.64. The number of carbonyl (C=O) groups is 2. The molecule has 1 unspecified atom stereocenters. The van der Waals surface area contributed by atoms with Gasteiger partial charge < -0.3 is 14.8 Å². The van der Waals surface area contributed by atoms with Gasteiger partial charge in [0.15, 0.2) is 0 Å². The Balaban J connectivity index is 3.31. The lowest BCUT2D eigenvalue weighted by Gasteiger charge is -2.40. The van der Waals surface area contributed by atoms with E-state index in [1.807, 2.05) is 0 Å². The summed E-state index contributed by atoms with van der Waals surface area (Å²) in [5.74, 6) is -40.8. The molecule has 0 heterocycles. The summed E-state index contributed by atoms with van der Waals surface area (Å²) in [5.41, 5.74) is 0.274. The van der Waals surface area contributed by atoms with Crippen LogP contribution in [0.5, 0.6) is 0 Å². The summed E-state index contributed by atoms with van der Waals surface area (Å²) >= 11 is 0. The Morgan fingerprint density at radius 1 is 0.744 bits per heavy atom. The van der Waals surface area contributed by atoms with Gasteiger partial charge in [-0.05, 0) is 11.5 Å². The Morgan fingerprint density at radius 2 is 1.23 bits per heavy atom. The summed E-state index contributed by atoms with van der Waals surface area (Å²) in [7, 11) is 0. The Kier molecular flexibility index (Phi) is 10.2. The number of alkyl halides is 13. The zero-order chi connectivity index (χ0) is 30.7. The van der Waals surface area contributed by atoms with Gasteiger partial charge in [0.25, 0.3) is 0 Å². The highest BCUT2D eigenvalue weighted by molar-refractivity contribution is 5.81. The van der Waals surface area contributed by atoms with Crippen molar-refractivity contribution in [3.8, 4) is 0 Å². The van der Waals surface area contributed by atoms with Gasteiger partial charge in [-0.25, -0.2) is 9.59 Å². The molecule has 0 aliphatic carbocycles. The van der Waals surface area contributed by atoms with E-state index < -0.39 is 79.4 Å². The first kappa shape index (κ1) is 34.1. The van der Waals surface area contributed by atoms with E-state index >= 15 is 0 Å². The molecule has 0 aromatic heterocycles. The first-order valence-corrected chi connectivity index (χ1v) is 10.5. The van der Waals surface area contributed by atoms with E-state index in [9.17, 15) is 66.7 Å². The van der Waals surface area contributed by atoms with Crippen molar-refractivity contribution >= 4 is 12.1 Å². The van der Waals surface area contributed by atoms with Crippen LogP contribution in [0.3, 0.4) is 0 Å². The van der Waals surface area contributed by atoms with Gasteiger partial charge in [0.2, 0.25) is 0 Å². The molecule has 0 saturated heterocycles. The molecule has 0 bridgehead atoms. The SMILES string of the molecule is CC(C)COC(=O)C(CC(F)(F)C(F)(F)C(F)(F)C(F)(F)C(F)(F)C(F)(F)F)NC(=O)OCc1ccccc1. The number of halogens is 13. The van der Waals surface area contributed by atoms with E-state index in [-0.39, 0.29) is 5.56 Å². The van der Waals surface area contributed by atoms with Gasteiger partial charge in [-0.3, -0.25) is 0 Å². The zero-order valence-corrected chi connectivity index (χ0v) is 19.7. The number of hydrogen-bond donors (Lipinski definition) is 1. The normalized spacial score (nSPS) is 14.7. The van der Waals surface area contributed by atoms with Crippen molar-refractivity contribution < 1.29 is 76.1 Å². The third-order valence-corrected chi connectivity index (χ3v) is 4.81. The monoisotopic (exact) mass is 597 g/mol. The molecule has 0 saturated carbocycles. The number of benzene rings is 1. The third-order valence-electron chi connectivity index (χ3n) is 4.81. The second kappa shape index (κ2) is 11.7. The Labute approximate surface area is 211 Å². The van der Waals surface area contributed by atoms with Crippen LogP contribution < -0.4 is 5.32 Å². The van der Waals surface area contributed by atoms with Crippen molar-refractivity contribution in [2.75, 3.05) is 6.61 Å². The minimum Gasteiger partial charge on any atom is -0.464 e. The van der Waals surface area contributed by atoms with Gasteiger partial charge in [0.1, 0.15) is 12.6 Å². The van der Waals surface area contributed by atoms with Gasteiger partial charge in [-0.15, -0.1) is 0 Å². The Morgan fingerprint density at radius 3 is 1.69 bits per heavy atom. The predicted octanol–water partition coefficient (Wildman–Crippen LogP) is 6.61. The summed E-state index contributed by atoms with van der Waals surface area (Å²) < 4.78 is 183. The topological polar surface area (TPSA) is 64.6 Å². The number of carbonyl (C=O) groups excluding carboxylic acids is 2. The molecule has 1 amide bonds. The largest absolute Gasteiger partial charge is 0.464 e. The third kappa shape index (κ3) is 7.17. The van der Waals surface area contributed by atoms with Crippen molar-refractivity contribution in [1.29, 1.82) is 0 Å². The minimum absolute atomic E-state index is 0.274. The smallest absolute Gasteiger partial charge is 0.460 e. The molecule has 0 fully saturated rings. The number of amides is 1. The van der Waals surface area contributed by atoms with Crippen LogP contribution in [-0.2, 0) is 20.9 Å². The van der Waals surface area contributed by atoms with Crippen LogP contribution in [0.2, 0.25) is 0 Å². The summed E-state index contributed by atoms with van der Waals surface area (Å²) in [5, 5.41) is 1.27. The molecule has 5 nitrogen and oxygen atoms in total. The van der Waals surface area contributed by atoms with Crippen molar-refractivity contribution in [1.82, 2.24) is 5.32 Å². The maximum absolute atomic E-state index is 14.3. The van der Waals surface area contributed by atoms with Crippen molar-refractivity contribution in [3.63, 3.8) is 0 Å². The molecule has 224 valence electrons. The maximum atomic E-state index is 14.3. The van der Waals surface area contributed by atoms with Crippen molar-refractivity contribution in [2.45, 2.75) is 68.7 Å². The van der Waals surface area contributed by atoms with Gasteiger partial charge >= 0.3 is 47.9 Å². The second-order valence-electron chi connectivity index (χ2n) is 8.49. The standard InChI is InChI=1S/C21H20F13NO4/c1-11(2)9-38-14(36)13(35-15(37)39-10-12-6-4-3-5-7-12)8-16(22,23)17(24,25)18(26,27)19(28,29)20(30,31)21(32,33)34/h3-7,11,13H,8-10H2,1-2H3,(H,35,37). The zero-order valence-electron chi connectivity index (χ0n) is 19.7. The molecular weight excluding hydrogens is 577 g/mol. The molecule has 1 rings (SSSR count). The fourth-order valence-corrected chi connectivity index (χ4v) is 2.64. The number of esters is 1. The van der Waals surface area contributed by atoms with E-state index in [4.69, 9.17) is 0 Å². The lowest BCUT2D eigenvalue weighted by Crippen LogP contribution is -2.70. The maximum Gasteiger partial charge on any atom is 0.460 e. The Hall–Kier alpha value is -2.95. The van der Waals surface area contributed by atoms with Crippen molar-refractivity contribution in [3.05, 3.63) is 35.9 Å². The number of hydrogen-bond acceptors (Lipinski definition) is 4. The highest BCUT2D eigenvalue weighted by atomic mass is 19.4. The molecule has 18 heteroatoms. The number of nitrogens with one attached hydrogen (secondary N) is 1. The van der Waals surface area contributed by atoms with Crippen LogP contribution in [0, 0.1) is 5.92 Å². The lowest BCUT2D eigenvalue weighted by molar-refractivity contribution is -0.440. The quantitative estimate of drug-likeness (QED) is 0.218. The van der Waals surface area contributed by atoms with E-state index in [2.05, 4.69) is 9.47 Å². The summed E-state index contributed by atoms with van der Waals surface area (Å²) in [6, 6.07) is 4.19. The van der Waals surface area contributed by atoms with Gasteiger partial charge in [0, 0.05) is 6.42 Å². The first-order chi connectivity index (χ1) is 17.4. The average molecular weight is 597 g/mol. The first-order valence-electron chi connectivity index (χ1n) is 10.5.